The van der Waals surface area contributed by atoms with Gasteiger partial charge in [-0.2, -0.15) is 0 Å². The third-order valence-corrected chi connectivity index (χ3v) is 2.89. The minimum absolute atomic E-state index is 0.863. The van der Waals surface area contributed by atoms with E-state index in [0.717, 1.165) is 28.8 Å². The molecule has 4 heteroatoms. The number of aryl methyl sites for hydroxylation is 1. The first-order valence-corrected chi connectivity index (χ1v) is 5.69. The molecule has 0 aromatic carbocycles. The lowest BCUT2D eigenvalue weighted by Crippen LogP contribution is -2.10. The summed E-state index contributed by atoms with van der Waals surface area (Å²) in [6.45, 7) is 2.81. The van der Waals surface area contributed by atoms with Gasteiger partial charge >= 0.3 is 0 Å². The van der Waals surface area contributed by atoms with Gasteiger partial charge in [-0.05, 0) is 33.2 Å². The van der Waals surface area contributed by atoms with E-state index in [-0.39, 0.29) is 0 Å². The average molecular weight is 222 g/mol. The second-order valence-electron chi connectivity index (χ2n) is 3.79. The number of hydrogen-bond acceptors (Lipinski definition) is 4. The Kier molecular flexibility index (Phi) is 2.88. The highest BCUT2D eigenvalue weighted by Crippen LogP contribution is 2.25. The number of furan rings is 1. The molecule has 0 amide bonds. The molecule has 2 aromatic heterocycles. The van der Waals surface area contributed by atoms with Crippen LogP contribution in [0.3, 0.4) is 0 Å². The maximum atomic E-state index is 5.52. The van der Waals surface area contributed by atoms with Crippen LogP contribution in [0.5, 0.6) is 0 Å². The zero-order valence-electron chi connectivity index (χ0n) is 9.15. The predicted octanol–water partition coefficient (Wildman–Crippen LogP) is 2.77. The Morgan fingerprint density at radius 3 is 2.80 bits per heavy atom. The highest BCUT2D eigenvalue weighted by Gasteiger charge is 2.08. The molecule has 0 radical (unpaired) electrons. The van der Waals surface area contributed by atoms with Crippen LogP contribution < -0.4 is 0 Å². The van der Waals surface area contributed by atoms with Crippen LogP contribution in [-0.2, 0) is 6.54 Å². The normalized spacial score (nSPS) is 11.2. The number of nitrogens with zero attached hydrogens (tertiary/aromatic N) is 2. The summed E-state index contributed by atoms with van der Waals surface area (Å²) in [6, 6.07) is 3.93. The van der Waals surface area contributed by atoms with Gasteiger partial charge in [0.05, 0.1) is 5.69 Å². The number of rotatable bonds is 3. The molecule has 2 aromatic rings. The molecule has 0 saturated carbocycles. The molecular formula is C11H14N2OS. The van der Waals surface area contributed by atoms with E-state index >= 15 is 0 Å². The van der Waals surface area contributed by atoms with Gasteiger partial charge in [0.25, 0.3) is 0 Å². The van der Waals surface area contributed by atoms with Crippen LogP contribution in [0, 0.1) is 6.92 Å². The quantitative estimate of drug-likeness (QED) is 0.799. The smallest absolute Gasteiger partial charge is 0.162 e. The number of aromatic nitrogens is 1. The first-order valence-electron chi connectivity index (χ1n) is 4.81. The van der Waals surface area contributed by atoms with Gasteiger partial charge in [0, 0.05) is 11.9 Å². The van der Waals surface area contributed by atoms with Gasteiger partial charge in [-0.15, -0.1) is 11.3 Å². The minimum atomic E-state index is 0.863. The highest BCUT2D eigenvalue weighted by atomic mass is 32.1. The van der Waals surface area contributed by atoms with Crippen LogP contribution in [0.1, 0.15) is 11.5 Å². The summed E-state index contributed by atoms with van der Waals surface area (Å²) in [5, 5.41) is 3.03. The van der Waals surface area contributed by atoms with Gasteiger partial charge in [-0.1, -0.05) is 0 Å². The molecule has 0 aliphatic rings. The summed E-state index contributed by atoms with van der Waals surface area (Å²) in [4.78, 5) is 6.62. The topological polar surface area (TPSA) is 29.3 Å². The van der Waals surface area contributed by atoms with Crippen LogP contribution >= 0.6 is 11.3 Å². The van der Waals surface area contributed by atoms with Crippen LogP contribution in [0.2, 0.25) is 0 Å². The molecule has 0 fully saturated rings. The van der Waals surface area contributed by atoms with E-state index in [1.165, 1.54) is 0 Å². The number of hydrogen-bond donors (Lipinski definition) is 0. The summed E-state index contributed by atoms with van der Waals surface area (Å²) in [7, 11) is 4.08. The summed E-state index contributed by atoms with van der Waals surface area (Å²) in [6.07, 6.45) is 0. The molecule has 2 rings (SSSR count). The van der Waals surface area contributed by atoms with E-state index in [9.17, 15) is 0 Å². The highest BCUT2D eigenvalue weighted by molar-refractivity contribution is 7.13. The fourth-order valence-electron chi connectivity index (χ4n) is 1.37. The van der Waals surface area contributed by atoms with Crippen molar-refractivity contribution in [2.75, 3.05) is 14.1 Å². The van der Waals surface area contributed by atoms with Crippen molar-refractivity contribution in [2.45, 2.75) is 13.5 Å². The van der Waals surface area contributed by atoms with Crippen molar-refractivity contribution in [1.29, 1.82) is 0 Å². The van der Waals surface area contributed by atoms with E-state index in [0.29, 0.717) is 0 Å². The first-order chi connectivity index (χ1) is 7.15. The van der Waals surface area contributed by atoms with Gasteiger partial charge in [0.2, 0.25) is 0 Å². The van der Waals surface area contributed by atoms with E-state index in [4.69, 9.17) is 4.42 Å². The Bertz CT molecular complexity index is 445. The van der Waals surface area contributed by atoms with E-state index in [1.807, 2.05) is 33.2 Å². The third-order valence-electron chi connectivity index (χ3n) is 1.98. The van der Waals surface area contributed by atoms with Gasteiger partial charge in [-0.25, -0.2) is 4.98 Å². The third kappa shape index (κ3) is 2.46. The molecule has 0 bridgehead atoms. The molecule has 2 heterocycles. The molecule has 3 nitrogen and oxygen atoms in total. The standard InChI is InChI=1S/C11H14N2OS/c1-8-4-5-10(14-8)11-12-9(7-15-11)6-13(2)3/h4-5,7H,6H2,1-3H3. The SMILES string of the molecule is Cc1ccc(-c2nc(CN(C)C)cs2)o1. The van der Waals surface area contributed by atoms with Gasteiger partial charge in [0.1, 0.15) is 5.76 Å². The van der Waals surface area contributed by atoms with Crippen molar-refractivity contribution < 1.29 is 4.42 Å². The number of thiazole rings is 1. The Morgan fingerprint density at radius 1 is 1.40 bits per heavy atom. The maximum absolute atomic E-state index is 5.52. The minimum Gasteiger partial charge on any atom is -0.459 e. The summed E-state index contributed by atoms with van der Waals surface area (Å²) in [5.41, 5.74) is 1.09. The molecular weight excluding hydrogens is 208 g/mol. The van der Waals surface area contributed by atoms with Crippen LogP contribution in [0.4, 0.5) is 0 Å². The Labute approximate surface area is 93.4 Å². The Balaban J connectivity index is 2.20. The van der Waals surface area contributed by atoms with Crippen molar-refractivity contribution in [3.8, 4) is 10.8 Å². The summed E-state index contributed by atoms with van der Waals surface area (Å²) < 4.78 is 5.52. The molecule has 0 saturated heterocycles. The second kappa shape index (κ2) is 4.16. The summed E-state index contributed by atoms with van der Waals surface area (Å²) >= 11 is 1.63. The van der Waals surface area contributed by atoms with Crippen molar-refractivity contribution in [2.24, 2.45) is 0 Å². The fraction of sp³-hybridized carbons (Fsp3) is 0.364. The van der Waals surface area contributed by atoms with Gasteiger partial charge < -0.3 is 9.32 Å². The second-order valence-corrected chi connectivity index (χ2v) is 4.65. The predicted molar refractivity (Wildman–Crippen MR) is 61.9 cm³/mol. The molecule has 0 N–H and O–H groups in total. The van der Waals surface area contributed by atoms with Crippen molar-refractivity contribution in [3.63, 3.8) is 0 Å². The van der Waals surface area contributed by atoms with E-state index in [2.05, 4.69) is 15.3 Å². The van der Waals surface area contributed by atoms with Gasteiger partial charge in [-0.3, -0.25) is 0 Å². The largest absolute Gasteiger partial charge is 0.459 e. The van der Waals surface area contributed by atoms with E-state index < -0.39 is 0 Å². The lowest BCUT2D eigenvalue weighted by molar-refractivity contribution is 0.398. The molecule has 0 aliphatic heterocycles. The van der Waals surface area contributed by atoms with Gasteiger partial charge in [0.15, 0.2) is 10.8 Å². The maximum Gasteiger partial charge on any atom is 0.162 e. The zero-order chi connectivity index (χ0) is 10.8. The Hall–Kier alpha value is -1.13. The molecule has 0 unspecified atom stereocenters. The van der Waals surface area contributed by atoms with Crippen LogP contribution in [-0.4, -0.2) is 24.0 Å². The first kappa shape index (κ1) is 10.4. The molecule has 0 atom stereocenters. The zero-order valence-corrected chi connectivity index (χ0v) is 9.97. The fourth-order valence-corrected chi connectivity index (χ4v) is 2.14. The lowest BCUT2D eigenvalue weighted by atomic mass is 10.4. The summed E-state index contributed by atoms with van der Waals surface area (Å²) in [5.74, 6) is 1.79. The monoisotopic (exact) mass is 222 g/mol. The Morgan fingerprint density at radius 2 is 2.20 bits per heavy atom. The molecule has 0 aliphatic carbocycles. The van der Waals surface area contributed by atoms with Crippen LogP contribution in [0.15, 0.2) is 21.9 Å². The molecule has 0 spiro atoms. The van der Waals surface area contributed by atoms with Crippen LogP contribution in [0.25, 0.3) is 10.8 Å². The lowest BCUT2D eigenvalue weighted by Gasteiger charge is -2.05. The van der Waals surface area contributed by atoms with Crippen molar-refractivity contribution >= 4 is 11.3 Å². The van der Waals surface area contributed by atoms with Crippen molar-refractivity contribution in [3.05, 3.63) is 29.0 Å². The van der Waals surface area contributed by atoms with Crippen molar-refractivity contribution in [1.82, 2.24) is 9.88 Å². The molecule has 80 valence electrons. The average Bonchev–Trinajstić information content (AvgIpc) is 2.72. The molecule has 15 heavy (non-hydrogen) atoms. The van der Waals surface area contributed by atoms with E-state index in [1.54, 1.807) is 11.3 Å².